The third kappa shape index (κ3) is 3.96. The van der Waals surface area contributed by atoms with E-state index in [0.29, 0.717) is 23.4 Å². The zero-order valence-corrected chi connectivity index (χ0v) is 16.9. The molecule has 8 heteroatoms. The van der Waals surface area contributed by atoms with Crippen LogP contribution < -0.4 is 4.74 Å². The van der Waals surface area contributed by atoms with Crippen LogP contribution in [-0.2, 0) is 14.6 Å². The van der Waals surface area contributed by atoms with Crippen molar-refractivity contribution in [2.75, 3.05) is 25.2 Å². The van der Waals surface area contributed by atoms with Crippen molar-refractivity contribution in [3.05, 3.63) is 52.8 Å². The number of nitrogens with zero attached hydrogens (tertiary/aromatic N) is 1. The molecule has 2 aromatic rings. The van der Waals surface area contributed by atoms with E-state index in [-0.39, 0.29) is 28.9 Å². The number of aryl methyl sites for hydroxylation is 1. The second-order valence-corrected chi connectivity index (χ2v) is 9.14. The van der Waals surface area contributed by atoms with Crippen molar-refractivity contribution >= 4 is 21.6 Å². The minimum absolute atomic E-state index is 0.0831. The maximum absolute atomic E-state index is 12.6. The molecule has 1 aliphatic heterocycles. The number of ketones is 1. The normalized spacial score (nSPS) is 18.0. The number of benzene rings is 1. The van der Waals surface area contributed by atoms with Gasteiger partial charge < -0.3 is 14.0 Å². The predicted molar refractivity (Wildman–Crippen MR) is 104 cm³/mol. The molecule has 1 fully saturated rings. The Bertz CT molecular complexity index is 1020. The second kappa shape index (κ2) is 7.79. The smallest absolute Gasteiger partial charge is 0.342 e. The lowest BCUT2D eigenvalue weighted by molar-refractivity contribution is 0.0471. The van der Waals surface area contributed by atoms with Gasteiger partial charge in [-0.25, -0.2) is 13.2 Å². The van der Waals surface area contributed by atoms with Gasteiger partial charge in [0.2, 0.25) is 5.78 Å². The van der Waals surface area contributed by atoms with Gasteiger partial charge in [-0.3, -0.25) is 4.79 Å². The molecule has 0 spiro atoms. The summed E-state index contributed by atoms with van der Waals surface area (Å²) in [7, 11) is -1.58. The molecule has 0 radical (unpaired) electrons. The summed E-state index contributed by atoms with van der Waals surface area (Å²) in [6.07, 6.45) is 0.537. The lowest BCUT2D eigenvalue weighted by atomic mass is 10.1. The Kier molecular flexibility index (Phi) is 5.60. The van der Waals surface area contributed by atoms with Gasteiger partial charge in [0.05, 0.1) is 18.6 Å². The molecule has 3 rings (SSSR count). The van der Waals surface area contributed by atoms with Crippen molar-refractivity contribution in [3.63, 3.8) is 0 Å². The lowest BCUT2D eigenvalue weighted by Gasteiger charge is -2.16. The first-order chi connectivity index (χ1) is 13.2. The Morgan fingerprint density at radius 2 is 1.89 bits per heavy atom. The quantitative estimate of drug-likeness (QED) is 0.542. The number of Topliss-reactive ketones (excluding diaryl/α,β-unsaturated/α-hetero) is 1. The van der Waals surface area contributed by atoms with E-state index in [1.165, 1.54) is 7.11 Å². The molecule has 0 unspecified atom stereocenters. The van der Waals surface area contributed by atoms with Crippen LogP contribution in [0.2, 0.25) is 0 Å². The zero-order chi connectivity index (χ0) is 20.5. The second-order valence-electron chi connectivity index (χ2n) is 6.91. The average molecular weight is 405 g/mol. The van der Waals surface area contributed by atoms with Crippen LogP contribution in [-0.4, -0.2) is 50.0 Å². The minimum atomic E-state index is -3.03. The van der Waals surface area contributed by atoms with E-state index in [1.54, 1.807) is 37.3 Å². The molecule has 7 nitrogen and oxygen atoms in total. The van der Waals surface area contributed by atoms with Crippen LogP contribution in [0.25, 0.3) is 0 Å². The first-order valence-corrected chi connectivity index (χ1v) is 10.8. The topological polar surface area (TPSA) is 91.7 Å². The van der Waals surface area contributed by atoms with Crippen LogP contribution in [0.4, 0.5) is 0 Å². The number of methoxy groups -OCH3 is 1. The largest absolute Gasteiger partial charge is 0.496 e. The Balaban J connectivity index is 1.73. The van der Waals surface area contributed by atoms with E-state index < -0.39 is 22.4 Å². The van der Waals surface area contributed by atoms with Crippen LogP contribution in [0, 0.1) is 13.8 Å². The molecule has 150 valence electrons. The Morgan fingerprint density at radius 3 is 2.54 bits per heavy atom. The van der Waals surface area contributed by atoms with Gasteiger partial charge in [-0.1, -0.05) is 12.1 Å². The average Bonchev–Trinajstić information content (AvgIpc) is 3.17. The van der Waals surface area contributed by atoms with Crippen LogP contribution >= 0.6 is 0 Å². The van der Waals surface area contributed by atoms with Gasteiger partial charge >= 0.3 is 5.97 Å². The van der Waals surface area contributed by atoms with Crippen LogP contribution in [0.3, 0.4) is 0 Å². The van der Waals surface area contributed by atoms with E-state index in [0.717, 1.165) is 5.69 Å². The van der Waals surface area contributed by atoms with Crippen molar-refractivity contribution in [2.24, 2.45) is 0 Å². The van der Waals surface area contributed by atoms with E-state index in [1.807, 2.05) is 11.5 Å². The summed E-state index contributed by atoms with van der Waals surface area (Å²) in [6, 6.07) is 8.19. The first kappa shape index (κ1) is 20.1. The highest BCUT2D eigenvalue weighted by atomic mass is 32.2. The monoisotopic (exact) mass is 405 g/mol. The number of hydrogen-bond acceptors (Lipinski definition) is 6. The standard InChI is InChI=1S/C20H23NO6S/c1-13-10-17(14(2)21(13)15-8-9-28(24,25)12-15)18(22)11-27-20(23)16-6-4-5-7-19(16)26-3/h4-7,10,15H,8-9,11-12H2,1-3H3/t15-/m1/s1. The van der Waals surface area contributed by atoms with Gasteiger partial charge in [0.25, 0.3) is 0 Å². The molecule has 28 heavy (non-hydrogen) atoms. The van der Waals surface area contributed by atoms with Crippen molar-refractivity contribution < 1.29 is 27.5 Å². The molecule has 1 atom stereocenters. The summed E-state index contributed by atoms with van der Waals surface area (Å²) in [5.74, 6) is -0.348. The molecule has 2 heterocycles. The van der Waals surface area contributed by atoms with Crippen molar-refractivity contribution in [2.45, 2.75) is 26.3 Å². The number of sulfone groups is 1. The summed E-state index contributed by atoms with van der Waals surface area (Å²) in [4.78, 5) is 24.9. The van der Waals surface area contributed by atoms with E-state index in [2.05, 4.69) is 0 Å². The van der Waals surface area contributed by atoms with E-state index in [9.17, 15) is 18.0 Å². The van der Waals surface area contributed by atoms with Crippen molar-refractivity contribution in [1.82, 2.24) is 4.57 Å². The van der Waals surface area contributed by atoms with Crippen molar-refractivity contribution in [3.8, 4) is 5.75 Å². The number of aromatic nitrogens is 1. The maximum Gasteiger partial charge on any atom is 0.342 e. The molecule has 1 aromatic heterocycles. The highest BCUT2D eigenvalue weighted by Gasteiger charge is 2.31. The molecule has 1 aliphatic rings. The molecular weight excluding hydrogens is 382 g/mol. The predicted octanol–water partition coefficient (Wildman–Crippen LogP) is 2.51. The number of ether oxygens (including phenoxy) is 2. The lowest BCUT2D eigenvalue weighted by Crippen LogP contribution is -2.17. The van der Waals surface area contributed by atoms with Crippen LogP contribution in [0.5, 0.6) is 5.75 Å². The minimum Gasteiger partial charge on any atom is -0.496 e. The highest BCUT2D eigenvalue weighted by Crippen LogP contribution is 2.29. The number of esters is 1. The molecular formula is C20H23NO6S. The number of hydrogen-bond donors (Lipinski definition) is 0. The summed E-state index contributed by atoms with van der Waals surface area (Å²) >= 11 is 0. The van der Waals surface area contributed by atoms with Crippen molar-refractivity contribution in [1.29, 1.82) is 0 Å². The molecule has 0 saturated carbocycles. The summed E-state index contributed by atoms with van der Waals surface area (Å²) in [5.41, 5.74) is 2.20. The molecule has 0 N–H and O–H groups in total. The third-order valence-corrected chi connectivity index (χ3v) is 6.77. The van der Waals surface area contributed by atoms with Crippen LogP contribution in [0.1, 0.15) is 44.6 Å². The number of carbonyl (C=O) groups excluding carboxylic acids is 2. The molecule has 1 saturated heterocycles. The SMILES string of the molecule is COc1ccccc1C(=O)OCC(=O)c1cc(C)n([C@@H]2CCS(=O)(=O)C2)c1C. The third-order valence-electron chi connectivity index (χ3n) is 5.02. The van der Waals surface area contributed by atoms with E-state index >= 15 is 0 Å². The summed E-state index contributed by atoms with van der Waals surface area (Å²) < 4.78 is 35.8. The fraction of sp³-hybridized carbons (Fsp3) is 0.400. The molecule has 0 aliphatic carbocycles. The Morgan fingerprint density at radius 1 is 1.18 bits per heavy atom. The first-order valence-electron chi connectivity index (χ1n) is 8.95. The van der Waals surface area contributed by atoms with Crippen LogP contribution in [0.15, 0.2) is 30.3 Å². The fourth-order valence-corrected chi connectivity index (χ4v) is 5.40. The van der Waals surface area contributed by atoms with Gasteiger partial charge in [0, 0.05) is 23.0 Å². The van der Waals surface area contributed by atoms with Gasteiger partial charge in [-0.05, 0) is 38.5 Å². The highest BCUT2D eigenvalue weighted by molar-refractivity contribution is 7.91. The molecule has 0 bridgehead atoms. The number of para-hydroxylation sites is 1. The van der Waals surface area contributed by atoms with Gasteiger partial charge in [-0.15, -0.1) is 0 Å². The Labute approximate surface area is 164 Å². The molecule has 0 amide bonds. The number of rotatable bonds is 6. The summed E-state index contributed by atoms with van der Waals surface area (Å²) in [5, 5.41) is 0. The Hall–Kier alpha value is -2.61. The van der Waals surface area contributed by atoms with Gasteiger partial charge in [0.1, 0.15) is 11.3 Å². The van der Waals surface area contributed by atoms with E-state index in [4.69, 9.17) is 9.47 Å². The van der Waals surface area contributed by atoms with Gasteiger partial charge in [-0.2, -0.15) is 0 Å². The molecule has 1 aromatic carbocycles. The zero-order valence-electron chi connectivity index (χ0n) is 16.1. The fourth-order valence-electron chi connectivity index (χ4n) is 3.70. The number of carbonyl (C=O) groups is 2. The maximum atomic E-state index is 12.6. The van der Waals surface area contributed by atoms with Gasteiger partial charge in [0.15, 0.2) is 16.4 Å². The summed E-state index contributed by atoms with van der Waals surface area (Å²) in [6.45, 7) is 3.23.